The molecule has 2 aromatic rings. The second-order valence-electron chi connectivity index (χ2n) is 4.77. The molecule has 0 aliphatic rings. The maximum atomic E-state index is 12.7. The zero-order chi connectivity index (χ0) is 13.8. The second-order valence-corrected chi connectivity index (χ2v) is 4.77. The number of aryl methyl sites for hydroxylation is 1. The highest BCUT2D eigenvalue weighted by molar-refractivity contribution is 5.94. The largest absolute Gasteiger partial charge is 0.337 e. The van der Waals surface area contributed by atoms with Gasteiger partial charge in [0.05, 0.1) is 5.69 Å². The smallest absolute Gasteiger partial charge is 0.272 e. The van der Waals surface area contributed by atoms with Crippen molar-refractivity contribution in [1.82, 2.24) is 14.3 Å². The van der Waals surface area contributed by atoms with Gasteiger partial charge >= 0.3 is 0 Å². The topological polar surface area (TPSA) is 37.6 Å². The Kier molecular flexibility index (Phi) is 4.20. The molecule has 2 heterocycles. The first-order valence-corrected chi connectivity index (χ1v) is 6.92. The van der Waals surface area contributed by atoms with E-state index in [-0.39, 0.29) is 5.91 Å². The zero-order valence-corrected chi connectivity index (χ0v) is 11.9. The van der Waals surface area contributed by atoms with Crippen LogP contribution in [0.25, 0.3) is 5.65 Å². The Morgan fingerprint density at radius 1 is 1.26 bits per heavy atom. The van der Waals surface area contributed by atoms with Crippen LogP contribution in [-0.4, -0.2) is 33.3 Å². The van der Waals surface area contributed by atoms with Gasteiger partial charge in [-0.3, -0.25) is 9.20 Å². The lowest BCUT2D eigenvalue weighted by Crippen LogP contribution is -2.33. The van der Waals surface area contributed by atoms with Crippen molar-refractivity contribution in [2.24, 2.45) is 0 Å². The van der Waals surface area contributed by atoms with Crippen LogP contribution in [0, 0.1) is 6.92 Å². The number of hydrogen-bond donors (Lipinski definition) is 0. The van der Waals surface area contributed by atoms with Crippen LogP contribution in [-0.2, 0) is 0 Å². The van der Waals surface area contributed by atoms with Crippen LogP contribution in [0.1, 0.15) is 42.9 Å². The summed E-state index contributed by atoms with van der Waals surface area (Å²) in [6.45, 7) is 7.68. The maximum Gasteiger partial charge on any atom is 0.272 e. The molecule has 4 heteroatoms. The Bertz CT molecular complexity index is 568. The highest BCUT2D eigenvalue weighted by atomic mass is 16.2. The minimum Gasteiger partial charge on any atom is -0.337 e. The number of rotatable bonds is 5. The van der Waals surface area contributed by atoms with Crippen molar-refractivity contribution in [3.05, 3.63) is 35.8 Å². The summed E-state index contributed by atoms with van der Waals surface area (Å²) >= 11 is 0. The molecule has 0 saturated heterocycles. The van der Waals surface area contributed by atoms with E-state index in [1.54, 1.807) is 0 Å². The summed E-state index contributed by atoms with van der Waals surface area (Å²) in [6.07, 6.45) is 3.85. The summed E-state index contributed by atoms with van der Waals surface area (Å²) in [5.41, 5.74) is 2.32. The van der Waals surface area contributed by atoms with Crippen molar-refractivity contribution >= 4 is 11.6 Å². The Morgan fingerprint density at radius 2 is 1.95 bits per heavy atom. The number of carbonyl (C=O) groups is 1. The minimum atomic E-state index is 0.0832. The van der Waals surface area contributed by atoms with Crippen molar-refractivity contribution in [2.45, 2.75) is 33.6 Å². The van der Waals surface area contributed by atoms with E-state index in [1.807, 2.05) is 40.6 Å². The van der Waals surface area contributed by atoms with E-state index >= 15 is 0 Å². The van der Waals surface area contributed by atoms with Gasteiger partial charge in [-0.1, -0.05) is 19.9 Å². The lowest BCUT2D eigenvalue weighted by atomic mass is 10.2. The molecule has 2 aromatic heterocycles. The van der Waals surface area contributed by atoms with E-state index in [9.17, 15) is 4.79 Å². The number of aromatic nitrogens is 2. The molecule has 0 saturated carbocycles. The minimum absolute atomic E-state index is 0.0832. The number of hydrogen-bond acceptors (Lipinski definition) is 2. The molecule has 1 amide bonds. The summed E-state index contributed by atoms with van der Waals surface area (Å²) in [4.78, 5) is 19.1. The van der Waals surface area contributed by atoms with Gasteiger partial charge in [-0.05, 0) is 31.9 Å². The first-order chi connectivity index (χ1) is 9.19. The number of nitrogens with zero attached hydrogens (tertiary/aromatic N) is 3. The average Bonchev–Trinajstić information content (AvgIpc) is 2.73. The van der Waals surface area contributed by atoms with Crippen LogP contribution in [0.2, 0.25) is 0 Å². The van der Waals surface area contributed by atoms with Gasteiger partial charge in [-0.2, -0.15) is 0 Å². The summed E-state index contributed by atoms with van der Waals surface area (Å²) in [6, 6.07) is 5.79. The molecular weight excluding hydrogens is 238 g/mol. The Balaban J connectivity index is 2.42. The number of imidazole rings is 1. The molecule has 0 aromatic carbocycles. The molecule has 0 radical (unpaired) electrons. The summed E-state index contributed by atoms with van der Waals surface area (Å²) in [5, 5.41) is 0. The lowest BCUT2D eigenvalue weighted by Gasteiger charge is -2.21. The van der Waals surface area contributed by atoms with E-state index in [2.05, 4.69) is 18.8 Å². The molecule has 19 heavy (non-hydrogen) atoms. The first kappa shape index (κ1) is 13.6. The fraction of sp³-hybridized carbons (Fsp3) is 0.467. The average molecular weight is 259 g/mol. The van der Waals surface area contributed by atoms with Crippen molar-refractivity contribution in [2.75, 3.05) is 13.1 Å². The van der Waals surface area contributed by atoms with Crippen LogP contribution < -0.4 is 0 Å². The molecule has 0 aliphatic carbocycles. The second kappa shape index (κ2) is 5.87. The molecule has 0 aliphatic heterocycles. The van der Waals surface area contributed by atoms with Gasteiger partial charge in [0.1, 0.15) is 11.3 Å². The molecule has 2 rings (SSSR count). The molecule has 0 N–H and O–H groups in total. The molecule has 0 fully saturated rings. The summed E-state index contributed by atoms with van der Waals surface area (Å²) in [7, 11) is 0. The predicted octanol–water partition coefficient (Wildman–Crippen LogP) is 2.90. The number of amides is 1. The third kappa shape index (κ3) is 2.62. The van der Waals surface area contributed by atoms with Crippen molar-refractivity contribution in [3.8, 4) is 0 Å². The van der Waals surface area contributed by atoms with Gasteiger partial charge in [-0.25, -0.2) is 4.98 Å². The van der Waals surface area contributed by atoms with Gasteiger partial charge in [-0.15, -0.1) is 0 Å². The maximum absolute atomic E-state index is 12.7. The zero-order valence-electron chi connectivity index (χ0n) is 11.9. The quantitative estimate of drug-likeness (QED) is 0.828. The number of fused-ring (bicyclic) bond motifs is 1. The van der Waals surface area contributed by atoms with Crippen LogP contribution in [0.3, 0.4) is 0 Å². The van der Waals surface area contributed by atoms with Crippen LogP contribution in [0.4, 0.5) is 0 Å². The van der Waals surface area contributed by atoms with Gasteiger partial charge in [0, 0.05) is 19.3 Å². The van der Waals surface area contributed by atoms with E-state index in [0.717, 1.165) is 37.3 Å². The van der Waals surface area contributed by atoms with Gasteiger partial charge in [0.15, 0.2) is 0 Å². The third-order valence-electron chi connectivity index (χ3n) is 3.18. The fourth-order valence-corrected chi connectivity index (χ4v) is 2.38. The molecule has 0 bridgehead atoms. The van der Waals surface area contributed by atoms with E-state index in [1.165, 1.54) is 0 Å². The molecule has 0 spiro atoms. The highest BCUT2D eigenvalue weighted by Gasteiger charge is 2.21. The molecule has 4 nitrogen and oxygen atoms in total. The van der Waals surface area contributed by atoms with Gasteiger partial charge < -0.3 is 4.90 Å². The molecule has 102 valence electrons. The van der Waals surface area contributed by atoms with Crippen molar-refractivity contribution < 1.29 is 4.79 Å². The normalized spacial score (nSPS) is 10.9. The van der Waals surface area contributed by atoms with Crippen LogP contribution in [0.5, 0.6) is 0 Å². The molecule has 0 unspecified atom stereocenters. The Labute approximate surface area is 114 Å². The third-order valence-corrected chi connectivity index (χ3v) is 3.18. The molecular formula is C15H21N3O. The Hall–Kier alpha value is -1.84. The van der Waals surface area contributed by atoms with E-state index in [4.69, 9.17) is 0 Å². The van der Waals surface area contributed by atoms with Gasteiger partial charge in [0.2, 0.25) is 0 Å². The number of pyridine rings is 1. The lowest BCUT2D eigenvalue weighted by molar-refractivity contribution is 0.0748. The summed E-state index contributed by atoms with van der Waals surface area (Å²) < 4.78 is 1.88. The van der Waals surface area contributed by atoms with Crippen LogP contribution >= 0.6 is 0 Å². The first-order valence-electron chi connectivity index (χ1n) is 6.92. The number of carbonyl (C=O) groups excluding carboxylic acids is 1. The Morgan fingerprint density at radius 3 is 2.58 bits per heavy atom. The van der Waals surface area contributed by atoms with Gasteiger partial charge in [0.25, 0.3) is 5.91 Å². The van der Waals surface area contributed by atoms with Crippen molar-refractivity contribution in [3.63, 3.8) is 0 Å². The fourth-order valence-electron chi connectivity index (χ4n) is 2.38. The van der Waals surface area contributed by atoms with E-state index in [0.29, 0.717) is 5.69 Å². The highest BCUT2D eigenvalue weighted by Crippen LogP contribution is 2.14. The van der Waals surface area contributed by atoms with E-state index < -0.39 is 0 Å². The predicted molar refractivity (Wildman–Crippen MR) is 76.4 cm³/mol. The summed E-state index contributed by atoms with van der Waals surface area (Å²) in [5.74, 6) is 0.0832. The van der Waals surface area contributed by atoms with Crippen LogP contribution in [0.15, 0.2) is 24.4 Å². The SMILES string of the molecule is CCCN(CCC)C(=O)c1c(C)nc2ccccn12. The standard InChI is InChI=1S/C15H21N3O/c1-4-9-17(10-5-2)15(19)14-12(3)16-13-8-6-7-11-18(13)14/h6-8,11H,4-5,9-10H2,1-3H3. The monoisotopic (exact) mass is 259 g/mol. The van der Waals surface area contributed by atoms with Crippen molar-refractivity contribution in [1.29, 1.82) is 0 Å². The molecule has 0 atom stereocenters.